The number of benzene rings is 1. The molecule has 0 bridgehead atoms. The topological polar surface area (TPSA) is 95.7 Å². The highest BCUT2D eigenvalue weighted by atomic mass is 16.5. The van der Waals surface area contributed by atoms with Crippen molar-refractivity contribution in [2.24, 2.45) is 5.92 Å². The maximum Gasteiger partial charge on any atom is 0.407 e. The van der Waals surface area contributed by atoms with Crippen LogP contribution in [0.3, 0.4) is 0 Å². The van der Waals surface area contributed by atoms with Crippen molar-refractivity contribution in [3.8, 4) is 11.1 Å². The Hall–Kier alpha value is -2.83. The zero-order valence-electron chi connectivity index (χ0n) is 14.1. The van der Waals surface area contributed by atoms with Gasteiger partial charge in [-0.3, -0.25) is 4.79 Å². The lowest BCUT2D eigenvalue weighted by molar-refractivity contribution is 0.0951. The van der Waals surface area contributed by atoms with E-state index in [1.54, 1.807) is 0 Å². The lowest BCUT2D eigenvalue weighted by Crippen LogP contribution is -2.31. The zero-order valence-corrected chi connectivity index (χ0v) is 14.1. The van der Waals surface area contributed by atoms with Crippen LogP contribution in [-0.4, -0.2) is 46.8 Å². The summed E-state index contributed by atoms with van der Waals surface area (Å²) in [5.74, 6) is 0.733. The summed E-state index contributed by atoms with van der Waals surface area (Å²) in [6.45, 7) is 5.08. The van der Waals surface area contributed by atoms with Crippen molar-refractivity contribution in [2.75, 3.05) is 19.6 Å². The average molecular weight is 341 g/mol. The number of hydrogen-bond acceptors (Lipinski definition) is 4. The molecule has 2 atom stereocenters. The van der Waals surface area contributed by atoms with Crippen LogP contribution in [0.4, 0.5) is 4.79 Å². The van der Waals surface area contributed by atoms with Crippen LogP contribution in [0.2, 0.25) is 0 Å². The van der Waals surface area contributed by atoms with E-state index in [1.165, 1.54) is 4.90 Å². The van der Waals surface area contributed by atoms with Gasteiger partial charge in [0.15, 0.2) is 0 Å². The molecule has 1 fully saturated rings. The first-order valence-corrected chi connectivity index (χ1v) is 8.29. The lowest BCUT2D eigenvalue weighted by Gasteiger charge is -2.16. The molecule has 1 aromatic carbocycles. The van der Waals surface area contributed by atoms with Crippen LogP contribution in [-0.2, 0) is 0 Å². The fourth-order valence-electron chi connectivity index (χ4n) is 4.03. The summed E-state index contributed by atoms with van der Waals surface area (Å²) < 4.78 is 5.23. The molecule has 0 aliphatic carbocycles. The molecule has 2 N–H and O–H groups in total. The normalized spacial score (nSPS) is 22.2. The second-order valence-corrected chi connectivity index (χ2v) is 6.77. The van der Waals surface area contributed by atoms with Gasteiger partial charge in [-0.15, -0.1) is 0 Å². The Morgan fingerprint density at radius 1 is 1.36 bits per heavy atom. The van der Waals surface area contributed by atoms with E-state index in [4.69, 9.17) is 4.52 Å². The first-order chi connectivity index (χ1) is 12.0. The van der Waals surface area contributed by atoms with Gasteiger partial charge in [-0.05, 0) is 31.0 Å². The fourth-order valence-corrected chi connectivity index (χ4v) is 4.03. The number of likely N-dealkylation sites (tertiary alicyclic amines) is 1. The van der Waals surface area contributed by atoms with E-state index in [0.717, 1.165) is 22.4 Å². The zero-order chi connectivity index (χ0) is 17.7. The van der Waals surface area contributed by atoms with Crippen molar-refractivity contribution in [3.63, 3.8) is 0 Å². The number of nitrogens with one attached hydrogen (secondary N) is 1. The molecule has 2 aliphatic rings. The monoisotopic (exact) mass is 341 g/mol. The van der Waals surface area contributed by atoms with Crippen molar-refractivity contribution in [1.29, 1.82) is 0 Å². The van der Waals surface area contributed by atoms with Gasteiger partial charge in [0.25, 0.3) is 5.91 Å². The Morgan fingerprint density at radius 2 is 2.16 bits per heavy atom. The third-order valence-corrected chi connectivity index (χ3v) is 5.26. The van der Waals surface area contributed by atoms with E-state index in [9.17, 15) is 14.7 Å². The fraction of sp³-hybridized carbons (Fsp3) is 0.389. The quantitative estimate of drug-likeness (QED) is 0.830. The predicted molar refractivity (Wildman–Crippen MR) is 89.6 cm³/mol. The SMILES string of the molecule is Cc1noc(C)c1-c1ccc2c(c1)C(=O)NCC1CN(C(=O)O)CC21. The summed E-state index contributed by atoms with van der Waals surface area (Å²) >= 11 is 0. The van der Waals surface area contributed by atoms with Crippen LogP contribution < -0.4 is 5.32 Å². The molecule has 7 heteroatoms. The van der Waals surface area contributed by atoms with Crippen LogP contribution in [0.1, 0.15) is 33.3 Å². The number of aromatic nitrogens is 1. The van der Waals surface area contributed by atoms with Crippen molar-refractivity contribution < 1.29 is 19.2 Å². The van der Waals surface area contributed by atoms with E-state index in [2.05, 4.69) is 10.5 Å². The molecule has 0 radical (unpaired) electrons. The summed E-state index contributed by atoms with van der Waals surface area (Å²) in [5.41, 5.74) is 4.09. The summed E-state index contributed by atoms with van der Waals surface area (Å²) in [6, 6.07) is 5.78. The molecule has 0 spiro atoms. The largest absolute Gasteiger partial charge is 0.465 e. The van der Waals surface area contributed by atoms with E-state index >= 15 is 0 Å². The standard InChI is InChI=1S/C18H19N3O4/c1-9-16(10(2)25-20-9)11-3-4-13-14(5-11)17(22)19-6-12-7-21(18(23)24)8-15(12)13/h3-5,12,15H,6-8H2,1-2H3,(H,19,22)(H,23,24). The molecule has 1 aromatic heterocycles. The number of carbonyl (C=O) groups is 2. The van der Waals surface area contributed by atoms with E-state index in [1.807, 2.05) is 32.0 Å². The second kappa shape index (κ2) is 5.61. The van der Waals surface area contributed by atoms with Crippen LogP contribution >= 0.6 is 0 Å². The molecule has 25 heavy (non-hydrogen) atoms. The number of fused-ring (bicyclic) bond motifs is 3. The van der Waals surface area contributed by atoms with Gasteiger partial charge in [0.05, 0.1) is 5.69 Å². The van der Waals surface area contributed by atoms with Crippen LogP contribution in [0.25, 0.3) is 11.1 Å². The van der Waals surface area contributed by atoms with Crippen LogP contribution in [0.15, 0.2) is 22.7 Å². The third kappa shape index (κ3) is 2.47. The number of carbonyl (C=O) groups excluding carboxylic acids is 1. The molecular weight excluding hydrogens is 322 g/mol. The molecular formula is C18H19N3O4. The molecule has 2 aromatic rings. The van der Waals surface area contributed by atoms with Crippen molar-refractivity contribution in [1.82, 2.24) is 15.4 Å². The number of amides is 2. The first-order valence-electron chi connectivity index (χ1n) is 8.29. The van der Waals surface area contributed by atoms with E-state index in [0.29, 0.717) is 31.0 Å². The summed E-state index contributed by atoms with van der Waals surface area (Å²) in [7, 11) is 0. The molecule has 0 saturated carbocycles. The van der Waals surface area contributed by atoms with Crippen LogP contribution in [0, 0.1) is 19.8 Å². The van der Waals surface area contributed by atoms with Gasteiger partial charge in [0.2, 0.25) is 0 Å². The minimum Gasteiger partial charge on any atom is -0.465 e. The van der Waals surface area contributed by atoms with E-state index < -0.39 is 6.09 Å². The summed E-state index contributed by atoms with van der Waals surface area (Å²) in [4.78, 5) is 25.3. The van der Waals surface area contributed by atoms with Gasteiger partial charge in [-0.1, -0.05) is 17.3 Å². The Balaban J connectivity index is 1.79. The van der Waals surface area contributed by atoms with Crippen molar-refractivity contribution in [3.05, 3.63) is 40.8 Å². The second-order valence-electron chi connectivity index (χ2n) is 6.77. The smallest absolute Gasteiger partial charge is 0.407 e. The number of nitrogens with zero attached hydrogens (tertiary/aromatic N) is 2. The number of hydrogen-bond donors (Lipinski definition) is 2. The number of carboxylic acid groups (broad SMARTS) is 1. The van der Waals surface area contributed by atoms with Gasteiger partial charge in [-0.25, -0.2) is 4.79 Å². The van der Waals surface area contributed by atoms with E-state index in [-0.39, 0.29) is 17.7 Å². The van der Waals surface area contributed by atoms with Gasteiger partial charge < -0.3 is 19.8 Å². The highest BCUT2D eigenvalue weighted by Gasteiger charge is 2.40. The maximum atomic E-state index is 12.6. The molecule has 2 amide bonds. The Bertz CT molecular complexity index is 854. The average Bonchev–Trinajstić information content (AvgIpc) is 3.12. The van der Waals surface area contributed by atoms with Gasteiger partial charge in [-0.2, -0.15) is 0 Å². The molecule has 4 rings (SSSR count). The van der Waals surface area contributed by atoms with Gasteiger partial charge in [0, 0.05) is 42.6 Å². The van der Waals surface area contributed by atoms with Crippen molar-refractivity contribution >= 4 is 12.0 Å². The van der Waals surface area contributed by atoms with Gasteiger partial charge >= 0.3 is 6.09 Å². The molecule has 7 nitrogen and oxygen atoms in total. The number of rotatable bonds is 1. The highest BCUT2D eigenvalue weighted by Crippen LogP contribution is 2.38. The predicted octanol–water partition coefficient (Wildman–Crippen LogP) is 2.40. The Kier molecular flexibility index (Phi) is 3.52. The van der Waals surface area contributed by atoms with Gasteiger partial charge in [0.1, 0.15) is 5.76 Å². The van der Waals surface area contributed by atoms with Crippen molar-refractivity contribution in [2.45, 2.75) is 19.8 Å². The highest BCUT2D eigenvalue weighted by molar-refractivity contribution is 5.98. The van der Waals surface area contributed by atoms with Crippen LogP contribution in [0.5, 0.6) is 0 Å². The minimum atomic E-state index is -0.909. The Labute approximate surface area is 144 Å². The Morgan fingerprint density at radius 3 is 2.84 bits per heavy atom. The minimum absolute atomic E-state index is 0.0313. The molecule has 3 heterocycles. The third-order valence-electron chi connectivity index (χ3n) is 5.26. The lowest BCUT2D eigenvalue weighted by atomic mass is 9.86. The summed E-state index contributed by atoms with van der Waals surface area (Å²) in [5, 5.41) is 16.2. The number of aryl methyl sites for hydroxylation is 2. The molecule has 2 aliphatic heterocycles. The first kappa shape index (κ1) is 15.7. The maximum absolute atomic E-state index is 12.6. The summed E-state index contributed by atoms with van der Waals surface area (Å²) in [6.07, 6.45) is -0.909. The molecule has 2 unspecified atom stereocenters. The molecule has 1 saturated heterocycles. The molecule has 130 valence electrons.